The first-order chi connectivity index (χ1) is 12.5. The average molecular weight is 356 g/mol. The minimum atomic E-state index is -0.771. The minimum Gasteiger partial charge on any atom is -0.370 e. The number of fused-ring (bicyclic) bond motifs is 5. The fourth-order valence-electron chi connectivity index (χ4n) is 6.50. The van der Waals surface area contributed by atoms with E-state index in [1.54, 1.807) is 11.0 Å². The van der Waals surface area contributed by atoms with Crippen molar-refractivity contribution in [2.24, 2.45) is 35.5 Å². The number of amides is 3. The molecule has 5 rings (SSSR count). The van der Waals surface area contributed by atoms with Gasteiger partial charge in [0.2, 0.25) is 5.91 Å². The molecule has 2 bridgehead atoms. The summed E-state index contributed by atoms with van der Waals surface area (Å²) in [4.78, 5) is 38.6. The van der Waals surface area contributed by atoms with Gasteiger partial charge in [-0.15, -0.1) is 0 Å². The lowest BCUT2D eigenvalue weighted by Gasteiger charge is -2.33. The number of rotatable bonds is 4. The molecule has 0 spiro atoms. The van der Waals surface area contributed by atoms with Crippen LogP contribution in [0, 0.1) is 35.5 Å². The Morgan fingerprint density at radius 1 is 0.846 bits per heavy atom. The molecule has 3 saturated carbocycles. The predicted octanol–water partition coefficient (Wildman–Crippen LogP) is 0.927. The number of hydrogen-bond donors (Lipinski definition) is 1. The fraction of sp³-hybridized carbons (Fsp3) is 0.650. The van der Waals surface area contributed by atoms with Crippen molar-refractivity contribution in [2.75, 3.05) is 13.1 Å². The molecule has 0 aromatic carbocycles. The standard InChI is InChI=1S/C20H24N2O4/c23-17-1-2-18(24)21(17)9-11-5-14-12-7-13(15(8-12)16(14)6-11)10-22-19(25)3-4-20(22)26/h1-4,11-17,23H,5-10H2. The monoisotopic (exact) mass is 356 g/mol. The van der Waals surface area contributed by atoms with Gasteiger partial charge in [0.15, 0.2) is 0 Å². The van der Waals surface area contributed by atoms with Crippen LogP contribution in [0.2, 0.25) is 0 Å². The van der Waals surface area contributed by atoms with Crippen LogP contribution >= 0.6 is 0 Å². The number of carbonyl (C=O) groups is 3. The molecule has 6 heteroatoms. The second kappa shape index (κ2) is 5.78. The highest BCUT2D eigenvalue weighted by atomic mass is 16.3. The van der Waals surface area contributed by atoms with Crippen LogP contribution in [0.25, 0.3) is 0 Å². The molecule has 2 heterocycles. The molecule has 3 amide bonds. The van der Waals surface area contributed by atoms with Crippen molar-refractivity contribution in [3.63, 3.8) is 0 Å². The number of aliphatic hydroxyl groups is 1. The van der Waals surface area contributed by atoms with E-state index in [-0.39, 0.29) is 17.7 Å². The van der Waals surface area contributed by atoms with Gasteiger partial charge in [0.05, 0.1) is 0 Å². The second-order valence-corrected chi connectivity index (χ2v) is 8.70. The lowest BCUT2D eigenvalue weighted by atomic mass is 9.75. The van der Waals surface area contributed by atoms with Crippen LogP contribution < -0.4 is 0 Å². The maximum absolute atomic E-state index is 11.9. The first kappa shape index (κ1) is 16.2. The van der Waals surface area contributed by atoms with Crippen molar-refractivity contribution in [2.45, 2.75) is 31.9 Å². The van der Waals surface area contributed by atoms with Gasteiger partial charge in [0.25, 0.3) is 11.8 Å². The van der Waals surface area contributed by atoms with Crippen molar-refractivity contribution in [3.05, 3.63) is 24.3 Å². The topological polar surface area (TPSA) is 77.9 Å². The van der Waals surface area contributed by atoms with Gasteiger partial charge >= 0.3 is 0 Å². The van der Waals surface area contributed by atoms with Crippen LogP contribution in [0.1, 0.15) is 25.7 Å². The molecule has 3 fully saturated rings. The maximum Gasteiger partial charge on any atom is 0.253 e. The van der Waals surface area contributed by atoms with Crippen molar-refractivity contribution in [1.82, 2.24) is 9.80 Å². The SMILES string of the molecule is O=C1C=CC(=O)N1CC1CC2CC1C1CC(CN3C(=O)C=CC3O)CC21. The van der Waals surface area contributed by atoms with Crippen LogP contribution in [-0.4, -0.2) is 51.9 Å². The average Bonchev–Trinajstić information content (AvgIpc) is 3.38. The third kappa shape index (κ3) is 2.38. The van der Waals surface area contributed by atoms with Crippen molar-refractivity contribution >= 4 is 17.7 Å². The molecule has 5 aliphatic rings. The Hall–Kier alpha value is -1.95. The van der Waals surface area contributed by atoms with E-state index in [0.29, 0.717) is 48.6 Å². The van der Waals surface area contributed by atoms with Crippen LogP contribution in [0.15, 0.2) is 24.3 Å². The number of aliphatic hydroxyl groups excluding tert-OH is 1. The van der Waals surface area contributed by atoms with Gasteiger partial charge in [-0.3, -0.25) is 19.3 Å². The van der Waals surface area contributed by atoms with Crippen LogP contribution in [-0.2, 0) is 14.4 Å². The molecular formula is C20H24N2O4. The van der Waals surface area contributed by atoms with Gasteiger partial charge in [-0.1, -0.05) is 0 Å². The normalized spacial score (nSPS) is 43.4. The molecule has 2 aliphatic heterocycles. The summed E-state index contributed by atoms with van der Waals surface area (Å²) in [5.74, 6) is 3.08. The summed E-state index contributed by atoms with van der Waals surface area (Å²) < 4.78 is 0. The largest absolute Gasteiger partial charge is 0.370 e. The van der Waals surface area contributed by atoms with Gasteiger partial charge in [-0.25, -0.2) is 0 Å². The summed E-state index contributed by atoms with van der Waals surface area (Å²) in [6.45, 7) is 1.20. The Morgan fingerprint density at radius 2 is 1.58 bits per heavy atom. The Balaban J connectivity index is 1.23. The molecule has 0 aromatic rings. The summed E-state index contributed by atoms with van der Waals surface area (Å²) >= 11 is 0. The number of carbonyl (C=O) groups excluding carboxylic acids is 3. The Kier molecular flexibility index (Phi) is 3.61. The van der Waals surface area contributed by atoms with Crippen molar-refractivity contribution in [3.8, 4) is 0 Å². The summed E-state index contributed by atoms with van der Waals surface area (Å²) in [7, 11) is 0. The van der Waals surface area contributed by atoms with E-state index in [1.165, 1.54) is 29.5 Å². The lowest BCUT2D eigenvalue weighted by Crippen LogP contribution is -2.38. The van der Waals surface area contributed by atoms with E-state index < -0.39 is 6.23 Å². The number of hydrogen-bond acceptors (Lipinski definition) is 4. The predicted molar refractivity (Wildman–Crippen MR) is 92.1 cm³/mol. The fourth-order valence-corrected chi connectivity index (χ4v) is 6.50. The maximum atomic E-state index is 11.9. The zero-order chi connectivity index (χ0) is 18.0. The van der Waals surface area contributed by atoms with E-state index in [0.717, 1.165) is 19.3 Å². The van der Waals surface area contributed by atoms with Gasteiger partial charge in [0, 0.05) is 31.3 Å². The van der Waals surface area contributed by atoms with Crippen LogP contribution in [0.4, 0.5) is 0 Å². The second-order valence-electron chi connectivity index (χ2n) is 8.70. The first-order valence-electron chi connectivity index (χ1n) is 9.71. The zero-order valence-electron chi connectivity index (χ0n) is 14.7. The molecule has 0 saturated heterocycles. The molecule has 6 nitrogen and oxygen atoms in total. The van der Waals surface area contributed by atoms with Gasteiger partial charge in [0.1, 0.15) is 6.23 Å². The van der Waals surface area contributed by atoms with Crippen LogP contribution in [0.5, 0.6) is 0 Å². The Morgan fingerprint density at radius 3 is 2.27 bits per heavy atom. The molecule has 0 radical (unpaired) electrons. The summed E-state index contributed by atoms with van der Waals surface area (Å²) in [5.41, 5.74) is 0. The molecule has 7 unspecified atom stereocenters. The van der Waals surface area contributed by atoms with E-state index in [9.17, 15) is 19.5 Å². The van der Waals surface area contributed by atoms with Gasteiger partial charge in [-0.2, -0.15) is 0 Å². The number of nitrogens with zero attached hydrogens (tertiary/aromatic N) is 2. The van der Waals surface area contributed by atoms with E-state index in [4.69, 9.17) is 0 Å². The zero-order valence-corrected chi connectivity index (χ0v) is 14.7. The number of imide groups is 1. The molecule has 1 N–H and O–H groups in total. The van der Waals surface area contributed by atoms with E-state index in [1.807, 2.05) is 0 Å². The summed E-state index contributed by atoms with van der Waals surface area (Å²) in [6, 6.07) is 0. The summed E-state index contributed by atoms with van der Waals surface area (Å²) in [6.07, 6.45) is 9.55. The third-order valence-corrected chi connectivity index (χ3v) is 7.49. The molecule has 26 heavy (non-hydrogen) atoms. The smallest absolute Gasteiger partial charge is 0.253 e. The molecule has 7 atom stereocenters. The van der Waals surface area contributed by atoms with E-state index in [2.05, 4.69) is 0 Å². The molecule has 3 aliphatic carbocycles. The lowest BCUT2D eigenvalue weighted by molar-refractivity contribution is -0.138. The van der Waals surface area contributed by atoms with Gasteiger partial charge in [-0.05, 0) is 67.3 Å². The van der Waals surface area contributed by atoms with Gasteiger partial charge < -0.3 is 10.0 Å². The highest BCUT2D eigenvalue weighted by Gasteiger charge is 2.56. The third-order valence-electron chi connectivity index (χ3n) is 7.49. The molecule has 138 valence electrons. The highest BCUT2D eigenvalue weighted by Crippen LogP contribution is 2.62. The highest BCUT2D eigenvalue weighted by molar-refractivity contribution is 6.12. The quantitative estimate of drug-likeness (QED) is 0.760. The Bertz CT molecular complexity index is 711. The molecule has 0 aromatic heterocycles. The van der Waals surface area contributed by atoms with Crippen molar-refractivity contribution < 1.29 is 19.5 Å². The summed E-state index contributed by atoms with van der Waals surface area (Å²) in [5, 5.41) is 9.93. The Labute approximate surface area is 152 Å². The minimum absolute atomic E-state index is 0.0889. The molecular weight excluding hydrogens is 332 g/mol. The van der Waals surface area contributed by atoms with Crippen molar-refractivity contribution in [1.29, 1.82) is 0 Å². The van der Waals surface area contributed by atoms with E-state index >= 15 is 0 Å². The first-order valence-corrected chi connectivity index (χ1v) is 9.71. The van der Waals surface area contributed by atoms with Crippen LogP contribution in [0.3, 0.4) is 0 Å².